The van der Waals surface area contributed by atoms with Crippen LogP contribution in [0.25, 0.3) is 10.8 Å². The molecule has 2 aromatic rings. The van der Waals surface area contributed by atoms with Gasteiger partial charge in [0.15, 0.2) is 0 Å². The van der Waals surface area contributed by atoms with E-state index >= 15 is 0 Å². The van der Waals surface area contributed by atoms with E-state index in [1.54, 1.807) is 0 Å². The first-order valence-electron chi connectivity index (χ1n) is 7.96. The van der Waals surface area contributed by atoms with Crippen molar-refractivity contribution in [1.29, 1.82) is 0 Å². The normalized spacial score (nSPS) is 18.8. The summed E-state index contributed by atoms with van der Waals surface area (Å²) in [7, 11) is 0. The van der Waals surface area contributed by atoms with Gasteiger partial charge >= 0.3 is 0 Å². The number of nitrogens with two attached hydrogens (primary N) is 1. The van der Waals surface area contributed by atoms with Crippen LogP contribution in [0.15, 0.2) is 36.4 Å². The second-order valence-electron chi connectivity index (χ2n) is 6.95. The van der Waals surface area contributed by atoms with E-state index in [0.717, 1.165) is 18.6 Å². The lowest BCUT2D eigenvalue weighted by Gasteiger charge is -2.34. The smallest absolute Gasteiger partial charge is 0.127 e. The Labute approximate surface area is 127 Å². The first kappa shape index (κ1) is 14.4. The van der Waals surface area contributed by atoms with Crippen LogP contribution in [0.5, 0.6) is 5.75 Å². The lowest BCUT2D eigenvalue weighted by atomic mass is 9.76. The van der Waals surface area contributed by atoms with E-state index in [0.29, 0.717) is 18.1 Å². The zero-order chi connectivity index (χ0) is 14.9. The van der Waals surface area contributed by atoms with E-state index in [1.807, 2.05) is 0 Å². The SMILES string of the molecule is CC1(C)CCC(Oc2ccc(CN)c3ccccc23)CC1. The Balaban J connectivity index is 1.85. The van der Waals surface area contributed by atoms with Crippen molar-refractivity contribution in [1.82, 2.24) is 0 Å². The first-order chi connectivity index (χ1) is 10.1. The number of ether oxygens (including phenoxy) is 1. The Morgan fingerprint density at radius 3 is 2.38 bits per heavy atom. The summed E-state index contributed by atoms with van der Waals surface area (Å²) in [6.07, 6.45) is 5.15. The number of rotatable bonds is 3. The van der Waals surface area contributed by atoms with Gasteiger partial charge in [-0.05, 0) is 48.1 Å². The molecule has 1 aliphatic carbocycles. The van der Waals surface area contributed by atoms with Gasteiger partial charge in [0.25, 0.3) is 0 Å². The summed E-state index contributed by atoms with van der Waals surface area (Å²) in [5.74, 6) is 1.01. The topological polar surface area (TPSA) is 35.2 Å². The fourth-order valence-electron chi connectivity index (χ4n) is 3.28. The van der Waals surface area contributed by atoms with E-state index in [1.165, 1.54) is 29.2 Å². The largest absolute Gasteiger partial charge is 0.490 e. The summed E-state index contributed by atoms with van der Waals surface area (Å²) in [4.78, 5) is 0. The van der Waals surface area contributed by atoms with E-state index in [2.05, 4.69) is 50.2 Å². The Morgan fingerprint density at radius 2 is 1.71 bits per heavy atom. The molecule has 2 aromatic carbocycles. The minimum absolute atomic E-state index is 0.352. The third-order valence-corrected chi connectivity index (χ3v) is 4.77. The van der Waals surface area contributed by atoms with Crippen LogP contribution in [0.1, 0.15) is 45.1 Å². The van der Waals surface area contributed by atoms with Crippen LogP contribution in [0.3, 0.4) is 0 Å². The molecule has 1 aliphatic rings. The van der Waals surface area contributed by atoms with Gasteiger partial charge in [0, 0.05) is 11.9 Å². The van der Waals surface area contributed by atoms with Crippen molar-refractivity contribution in [3.05, 3.63) is 42.0 Å². The summed E-state index contributed by atoms with van der Waals surface area (Å²) in [6.45, 7) is 5.28. The molecule has 21 heavy (non-hydrogen) atoms. The average molecular weight is 283 g/mol. The van der Waals surface area contributed by atoms with Crippen molar-refractivity contribution in [3.8, 4) is 5.75 Å². The summed E-state index contributed by atoms with van der Waals surface area (Å²) in [6, 6.07) is 12.6. The van der Waals surface area contributed by atoms with Crippen molar-refractivity contribution in [3.63, 3.8) is 0 Å². The molecular weight excluding hydrogens is 258 g/mol. The molecule has 0 aromatic heterocycles. The van der Waals surface area contributed by atoms with Gasteiger partial charge in [-0.3, -0.25) is 0 Å². The highest BCUT2D eigenvalue weighted by molar-refractivity contribution is 5.91. The molecule has 0 spiro atoms. The standard InChI is InChI=1S/C19H25NO/c1-19(2)11-9-15(10-12-19)21-18-8-7-14(13-20)16-5-3-4-6-17(16)18/h3-8,15H,9-13,20H2,1-2H3. The average Bonchev–Trinajstić information content (AvgIpc) is 2.49. The molecule has 2 heteroatoms. The first-order valence-corrected chi connectivity index (χ1v) is 7.96. The van der Waals surface area contributed by atoms with Crippen molar-refractivity contribution in [2.75, 3.05) is 0 Å². The van der Waals surface area contributed by atoms with Crippen molar-refractivity contribution < 1.29 is 4.74 Å². The van der Waals surface area contributed by atoms with Gasteiger partial charge in [-0.25, -0.2) is 0 Å². The maximum absolute atomic E-state index is 6.32. The number of benzene rings is 2. The molecule has 0 unspecified atom stereocenters. The molecular formula is C19H25NO. The van der Waals surface area contributed by atoms with Crippen LogP contribution in [-0.2, 0) is 6.54 Å². The van der Waals surface area contributed by atoms with E-state index in [-0.39, 0.29) is 0 Å². The molecule has 1 fully saturated rings. The van der Waals surface area contributed by atoms with Gasteiger partial charge in [-0.15, -0.1) is 0 Å². The third kappa shape index (κ3) is 3.06. The molecule has 0 atom stereocenters. The second kappa shape index (κ2) is 5.69. The molecule has 112 valence electrons. The molecule has 1 saturated carbocycles. The maximum Gasteiger partial charge on any atom is 0.127 e. The Bertz CT molecular complexity index is 622. The van der Waals surface area contributed by atoms with Gasteiger partial charge in [0.1, 0.15) is 5.75 Å². The van der Waals surface area contributed by atoms with Crippen LogP contribution in [0.2, 0.25) is 0 Å². The van der Waals surface area contributed by atoms with Crippen LogP contribution in [0.4, 0.5) is 0 Å². The third-order valence-electron chi connectivity index (χ3n) is 4.77. The molecule has 0 saturated heterocycles. The van der Waals surface area contributed by atoms with Crippen LogP contribution in [0, 0.1) is 5.41 Å². The molecule has 0 amide bonds. The highest BCUT2D eigenvalue weighted by atomic mass is 16.5. The monoisotopic (exact) mass is 283 g/mol. The summed E-state index contributed by atoms with van der Waals surface area (Å²) in [5, 5.41) is 2.40. The number of fused-ring (bicyclic) bond motifs is 1. The van der Waals surface area contributed by atoms with Crippen molar-refractivity contribution in [2.24, 2.45) is 11.1 Å². The van der Waals surface area contributed by atoms with Crippen molar-refractivity contribution in [2.45, 2.75) is 52.2 Å². The predicted octanol–water partition coefficient (Wildman–Crippen LogP) is 4.65. The number of hydrogen-bond acceptors (Lipinski definition) is 2. The molecule has 3 rings (SSSR count). The lowest BCUT2D eigenvalue weighted by Crippen LogP contribution is -2.28. The predicted molar refractivity (Wildman–Crippen MR) is 88.5 cm³/mol. The summed E-state index contributed by atoms with van der Waals surface area (Å²) >= 11 is 0. The second-order valence-corrected chi connectivity index (χ2v) is 6.95. The van der Waals surface area contributed by atoms with E-state index in [9.17, 15) is 0 Å². The Hall–Kier alpha value is -1.54. The van der Waals surface area contributed by atoms with Gasteiger partial charge in [-0.1, -0.05) is 44.2 Å². The summed E-state index contributed by atoms with van der Waals surface area (Å²) < 4.78 is 6.32. The van der Waals surface area contributed by atoms with E-state index in [4.69, 9.17) is 10.5 Å². The minimum atomic E-state index is 0.352. The van der Waals surface area contributed by atoms with Gasteiger partial charge in [0.05, 0.1) is 6.10 Å². The fourth-order valence-corrected chi connectivity index (χ4v) is 3.28. The highest BCUT2D eigenvalue weighted by Gasteiger charge is 2.28. The Morgan fingerprint density at radius 1 is 1.05 bits per heavy atom. The maximum atomic E-state index is 6.32. The molecule has 0 heterocycles. The summed E-state index contributed by atoms with van der Waals surface area (Å²) in [5.41, 5.74) is 7.50. The quantitative estimate of drug-likeness (QED) is 0.890. The van der Waals surface area contributed by atoms with Crippen LogP contribution in [-0.4, -0.2) is 6.10 Å². The zero-order valence-corrected chi connectivity index (χ0v) is 13.1. The van der Waals surface area contributed by atoms with Crippen LogP contribution >= 0.6 is 0 Å². The zero-order valence-electron chi connectivity index (χ0n) is 13.1. The molecule has 2 N–H and O–H groups in total. The number of hydrogen-bond donors (Lipinski definition) is 1. The minimum Gasteiger partial charge on any atom is -0.490 e. The van der Waals surface area contributed by atoms with Gasteiger partial charge in [0.2, 0.25) is 0 Å². The van der Waals surface area contributed by atoms with Gasteiger partial charge < -0.3 is 10.5 Å². The van der Waals surface area contributed by atoms with Crippen molar-refractivity contribution >= 4 is 10.8 Å². The molecule has 0 aliphatic heterocycles. The van der Waals surface area contributed by atoms with Crippen LogP contribution < -0.4 is 10.5 Å². The van der Waals surface area contributed by atoms with Gasteiger partial charge in [-0.2, -0.15) is 0 Å². The fraction of sp³-hybridized carbons (Fsp3) is 0.474. The molecule has 2 nitrogen and oxygen atoms in total. The lowest BCUT2D eigenvalue weighted by molar-refractivity contribution is 0.100. The Kier molecular flexibility index (Phi) is 3.90. The molecule has 0 radical (unpaired) electrons. The highest BCUT2D eigenvalue weighted by Crippen LogP contribution is 2.38. The molecule has 0 bridgehead atoms. The van der Waals surface area contributed by atoms with E-state index < -0.39 is 0 Å².